The summed E-state index contributed by atoms with van der Waals surface area (Å²) < 4.78 is 28.5. The van der Waals surface area contributed by atoms with Gasteiger partial charge in [0.05, 0.1) is 5.54 Å². The van der Waals surface area contributed by atoms with Crippen molar-refractivity contribution in [2.75, 3.05) is 6.54 Å². The van der Waals surface area contributed by atoms with Crippen molar-refractivity contribution < 1.29 is 8.42 Å². The fourth-order valence-corrected chi connectivity index (χ4v) is 4.83. The largest absolute Gasteiger partial charge is 0.277 e. The molecule has 0 amide bonds. The van der Waals surface area contributed by atoms with Gasteiger partial charge in [-0.2, -0.15) is 13.1 Å². The Balaban J connectivity index is 1.99. The average molecular weight is 228 g/mol. The number of nitrogens with one attached hydrogen (secondary N) is 2. The van der Waals surface area contributed by atoms with Crippen molar-refractivity contribution in [2.24, 2.45) is 11.8 Å². The molecule has 0 aromatic heterocycles. The van der Waals surface area contributed by atoms with Crippen molar-refractivity contribution in [1.82, 2.24) is 9.44 Å². The van der Waals surface area contributed by atoms with Gasteiger partial charge in [-0.15, -0.1) is 0 Å². The van der Waals surface area contributed by atoms with Gasteiger partial charge in [-0.25, -0.2) is 4.72 Å². The fourth-order valence-electron chi connectivity index (χ4n) is 3.42. The first-order valence-corrected chi connectivity index (χ1v) is 7.04. The minimum Gasteiger partial charge on any atom is -0.200 e. The van der Waals surface area contributed by atoms with Crippen LogP contribution in [0.4, 0.5) is 0 Å². The quantitative estimate of drug-likeness (QED) is 0.594. The molecule has 1 spiro atoms. The lowest BCUT2D eigenvalue weighted by Gasteiger charge is -2.33. The summed E-state index contributed by atoms with van der Waals surface area (Å²) in [5, 5.41) is 0. The maximum Gasteiger partial charge on any atom is 0.277 e. The van der Waals surface area contributed by atoms with Gasteiger partial charge in [-0.1, -0.05) is 12.2 Å². The van der Waals surface area contributed by atoms with E-state index in [-0.39, 0.29) is 5.54 Å². The van der Waals surface area contributed by atoms with E-state index < -0.39 is 10.2 Å². The molecule has 2 fully saturated rings. The van der Waals surface area contributed by atoms with E-state index in [1.165, 1.54) is 0 Å². The molecule has 15 heavy (non-hydrogen) atoms. The third-order valence-corrected chi connectivity index (χ3v) is 5.38. The second-order valence-corrected chi connectivity index (χ2v) is 6.38. The monoisotopic (exact) mass is 228 g/mol. The smallest absolute Gasteiger partial charge is 0.200 e. The Morgan fingerprint density at radius 3 is 2.20 bits per heavy atom. The highest BCUT2D eigenvalue weighted by molar-refractivity contribution is 7.87. The zero-order chi connectivity index (χ0) is 10.5. The molecule has 84 valence electrons. The van der Waals surface area contributed by atoms with Crippen LogP contribution in [0.3, 0.4) is 0 Å². The Morgan fingerprint density at radius 1 is 1.13 bits per heavy atom. The zero-order valence-electron chi connectivity index (χ0n) is 8.57. The van der Waals surface area contributed by atoms with E-state index in [4.69, 9.17) is 0 Å². The van der Waals surface area contributed by atoms with Crippen molar-refractivity contribution in [2.45, 2.75) is 31.2 Å². The van der Waals surface area contributed by atoms with E-state index in [0.29, 0.717) is 18.4 Å². The normalized spacial score (nSPS) is 47.2. The first-order chi connectivity index (χ1) is 7.12. The van der Waals surface area contributed by atoms with Gasteiger partial charge < -0.3 is 0 Å². The molecular weight excluding hydrogens is 212 g/mol. The van der Waals surface area contributed by atoms with Crippen LogP contribution in [0.1, 0.15) is 25.7 Å². The number of allylic oxidation sites excluding steroid dienone is 2. The summed E-state index contributed by atoms with van der Waals surface area (Å²) in [5.74, 6) is 0.956. The number of rotatable bonds is 0. The van der Waals surface area contributed by atoms with Crippen LogP contribution in [0.25, 0.3) is 0 Å². The van der Waals surface area contributed by atoms with Gasteiger partial charge in [0, 0.05) is 6.54 Å². The Labute approximate surface area is 90.3 Å². The Kier molecular flexibility index (Phi) is 2.00. The lowest BCUT2D eigenvalue weighted by atomic mass is 9.80. The van der Waals surface area contributed by atoms with Crippen LogP contribution in [-0.4, -0.2) is 20.5 Å². The summed E-state index contributed by atoms with van der Waals surface area (Å²) in [6.45, 7) is 0.576. The molecule has 2 aliphatic carbocycles. The highest BCUT2D eigenvalue weighted by Gasteiger charge is 2.55. The van der Waals surface area contributed by atoms with Gasteiger partial charge in [0.25, 0.3) is 10.2 Å². The van der Waals surface area contributed by atoms with E-state index in [2.05, 4.69) is 21.6 Å². The third kappa shape index (κ3) is 1.37. The Hall–Kier alpha value is -0.390. The van der Waals surface area contributed by atoms with Crippen LogP contribution >= 0.6 is 0 Å². The van der Waals surface area contributed by atoms with E-state index >= 15 is 0 Å². The first kappa shape index (κ1) is 9.81. The van der Waals surface area contributed by atoms with E-state index in [1.807, 2.05) is 0 Å². The summed E-state index contributed by atoms with van der Waals surface area (Å²) in [6.07, 6.45) is 8.75. The molecule has 1 heterocycles. The van der Waals surface area contributed by atoms with Crippen molar-refractivity contribution >= 4 is 10.2 Å². The summed E-state index contributed by atoms with van der Waals surface area (Å²) in [5.41, 5.74) is -0.192. The van der Waals surface area contributed by atoms with Crippen LogP contribution in [0.15, 0.2) is 12.2 Å². The Bertz CT molecular complexity index is 386. The van der Waals surface area contributed by atoms with Crippen molar-refractivity contribution in [3.05, 3.63) is 12.2 Å². The molecule has 2 N–H and O–H groups in total. The van der Waals surface area contributed by atoms with Gasteiger partial charge in [0.2, 0.25) is 0 Å². The minimum absolute atomic E-state index is 0.192. The van der Waals surface area contributed by atoms with E-state index in [1.54, 1.807) is 0 Å². The maximum absolute atomic E-state index is 11.5. The predicted octanol–water partition coefficient (Wildman–Crippen LogP) is 0.539. The molecule has 2 bridgehead atoms. The molecule has 1 saturated heterocycles. The second-order valence-electron chi connectivity index (χ2n) is 4.88. The van der Waals surface area contributed by atoms with Crippen LogP contribution in [0.5, 0.6) is 0 Å². The molecule has 2 atom stereocenters. The summed E-state index contributed by atoms with van der Waals surface area (Å²) >= 11 is 0. The zero-order valence-corrected chi connectivity index (χ0v) is 9.39. The third-order valence-electron chi connectivity index (χ3n) is 4.21. The molecule has 0 aromatic carbocycles. The molecular formula is C10H16N2O2S. The predicted molar refractivity (Wildman–Crippen MR) is 57.4 cm³/mol. The molecule has 4 nitrogen and oxygen atoms in total. The molecule has 3 aliphatic rings. The average Bonchev–Trinajstić information content (AvgIpc) is 2.52. The van der Waals surface area contributed by atoms with Gasteiger partial charge in [-0.3, -0.25) is 0 Å². The fraction of sp³-hybridized carbons (Fsp3) is 0.800. The van der Waals surface area contributed by atoms with Crippen molar-refractivity contribution in [3.8, 4) is 0 Å². The van der Waals surface area contributed by atoms with Crippen LogP contribution in [0.2, 0.25) is 0 Å². The highest BCUT2D eigenvalue weighted by atomic mass is 32.2. The summed E-state index contributed by atoms with van der Waals surface area (Å²) in [7, 11) is -3.22. The van der Waals surface area contributed by atoms with Gasteiger partial charge >= 0.3 is 0 Å². The Morgan fingerprint density at radius 2 is 1.73 bits per heavy atom. The van der Waals surface area contributed by atoms with Crippen LogP contribution in [0, 0.1) is 11.8 Å². The summed E-state index contributed by atoms with van der Waals surface area (Å²) in [4.78, 5) is 0. The molecule has 3 rings (SSSR count). The lowest BCUT2D eigenvalue weighted by molar-refractivity contribution is 0.247. The first-order valence-electron chi connectivity index (χ1n) is 5.56. The summed E-state index contributed by atoms with van der Waals surface area (Å²) in [6, 6.07) is 0. The molecule has 1 aliphatic heterocycles. The van der Waals surface area contributed by atoms with Gasteiger partial charge in [0.1, 0.15) is 0 Å². The lowest BCUT2D eigenvalue weighted by Crippen LogP contribution is -2.51. The van der Waals surface area contributed by atoms with Crippen LogP contribution in [-0.2, 0) is 10.2 Å². The van der Waals surface area contributed by atoms with E-state index in [0.717, 1.165) is 25.7 Å². The number of hydrogen-bond donors (Lipinski definition) is 2. The molecule has 1 saturated carbocycles. The second kappa shape index (κ2) is 3.06. The van der Waals surface area contributed by atoms with Gasteiger partial charge in [-0.05, 0) is 37.5 Å². The van der Waals surface area contributed by atoms with Crippen molar-refractivity contribution in [3.63, 3.8) is 0 Å². The topological polar surface area (TPSA) is 58.2 Å². The van der Waals surface area contributed by atoms with Gasteiger partial charge in [0.15, 0.2) is 0 Å². The molecule has 0 aromatic rings. The highest BCUT2D eigenvalue weighted by Crippen LogP contribution is 2.47. The van der Waals surface area contributed by atoms with Crippen LogP contribution < -0.4 is 9.44 Å². The maximum atomic E-state index is 11.5. The standard InChI is InChI=1S/C10H16N2O2S/c13-15(14)11-7-10(12-15)8-3-1-2-4-9(10)6-5-8/h1-2,8-9,11-12H,3-7H2. The minimum atomic E-state index is -3.22. The van der Waals surface area contributed by atoms with Crippen molar-refractivity contribution in [1.29, 1.82) is 0 Å². The van der Waals surface area contributed by atoms with E-state index in [9.17, 15) is 8.42 Å². The molecule has 5 heteroatoms. The number of hydrogen-bond acceptors (Lipinski definition) is 2. The SMILES string of the molecule is O=S1(=O)NCC2(N1)C1CC=CCC2CC1. The molecule has 0 radical (unpaired) electrons. The molecule has 2 unspecified atom stereocenters.